The van der Waals surface area contributed by atoms with E-state index in [4.69, 9.17) is 0 Å². The zero-order valence-electron chi connectivity index (χ0n) is 73.1. The zero-order valence-corrected chi connectivity index (χ0v) is 73.1. The molecule has 10 heterocycles. The Labute approximate surface area is 640 Å². The van der Waals surface area contributed by atoms with Gasteiger partial charge in [0.1, 0.15) is 6.33 Å². The third-order valence-corrected chi connectivity index (χ3v) is 13.3. The maximum atomic E-state index is 4.34. The Hall–Kier alpha value is -8.26. The second-order valence-electron chi connectivity index (χ2n) is 24.7. The van der Waals surface area contributed by atoms with E-state index in [0.717, 1.165) is 35.0 Å². The van der Waals surface area contributed by atoms with Crippen LogP contribution in [0.15, 0.2) is 201 Å². The average Bonchev–Trinajstić information content (AvgIpc) is 1.73. The molecule has 14 heteroatoms. The van der Waals surface area contributed by atoms with Crippen molar-refractivity contribution in [2.45, 2.75) is 296 Å². The Balaban J connectivity index is -0.000000197. The van der Waals surface area contributed by atoms with Gasteiger partial charge in [-0.25, -0.2) is 9.97 Å². The fourth-order valence-corrected chi connectivity index (χ4v) is 7.46. The number of rotatable bonds is 10. The fraction of sp³-hybridized carbons (Fsp3) is 0.533. The highest BCUT2D eigenvalue weighted by Crippen LogP contribution is 2.16. The number of aliphatic imine (C=N–C) groups is 1. The lowest BCUT2D eigenvalue weighted by atomic mass is 10.0. The maximum Gasteiger partial charge on any atom is 0.115 e. The van der Waals surface area contributed by atoms with Crippen LogP contribution < -0.4 is 0 Å². The number of nitrogens with zero attached hydrogens (tertiary/aromatic N) is 14. The molecule has 584 valence electrons. The third-order valence-electron chi connectivity index (χ3n) is 13.3. The summed E-state index contributed by atoms with van der Waals surface area (Å²) in [5, 5.41) is 8.28. The van der Waals surface area contributed by atoms with E-state index >= 15 is 0 Å². The van der Waals surface area contributed by atoms with E-state index in [9.17, 15) is 0 Å². The Kier molecular flexibility index (Phi) is 79.6. The van der Waals surface area contributed by atoms with Crippen molar-refractivity contribution in [3.8, 4) is 0 Å². The second kappa shape index (κ2) is 75.9. The van der Waals surface area contributed by atoms with Gasteiger partial charge in [0.05, 0.1) is 24.1 Å². The van der Waals surface area contributed by atoms with Crippen LogP contribution in [0, 0.1) is 5.92 Å². The van der Waals surface area contributed by atoms with Crippen LogP contribution in [0.3, 0.4) is 0 Å². The SMILES string of the molecule is CC.CC.CC.CC.CC.CC.CC.CC(C)c1ccccn1.CC(C)c1ccccn1.CC(C)c1ccccn1.CC(C)c1cccnc1.CC(C)c1ccn(C)n1.CC(C)c1ccncc1.CC(C)c1cnccn1.CC(C)c1cncnc1.CC(C)c1cnn(C)c1.CC1=CCN=C1C(C)C. The lowest BCUT2D eigenvalue weighted by Gasteiger charge is -2.04. The molecule has 0 saturated carbocycles. The molecule has 0 saturated heterocycles. The minimum Gasteiger partial charge on any atom is -0.285 e. The molecule has 9 aromatic rings. The van der Waals surface area contributed by atoms with Crippen molar-refractivity contribution < 1.29 is 0 Å². The molecule has 0 fully saturated rings. The molecule has 104 heavy (non-hydrogen) atoms. The van der Waals surface area contributed by atoms with Gasteiger partial charge in [0.25, 0.3) is 0 Å². The van der Waals surface area contributed by atoms with Gasteiger partial charge in [-0.1, -0.05) is 266 Å². The molecule has 0 unspecified atom stereocenters. The summed E-state index contributed by atoms with van der Waals surface area (Å²) in [6, 6.07) is 28.2. The molecule has 0 radical (unpaired) electrons. The molecule has 0 bridgehead atoms. The van der Waals surface area contributed by atoms with Gasteiger partial charge in [-0.2, -0.15) is 10.2 Å². The van der Waals surface area contributed by atoms with Gasteiger partial charge in [-0.3, -0.25) is 49.2 Å². The smallest absolute Gasteiger partial charge is 0.115 e. The van der Waals surface area contributed by atoms with E-state index in [1.54, 1.807) is 31.1 Å². The van der Waals surface area contributed by atoms with Crippen LogP contribution in [0.2, 0.25) is 0 Å². The molecular formula is C90H154N14. The molecule has 1 aliphatic heterocycles. The predicted molar refractivity (Wildman–Crippen MR) is 459 cm³/mol. The van der Waals surface area contributed by atoms with E-state index in [2.05, 4.69) is 218 Å². The number of aromatic nitrogens is 13. The molecule has 14 nitrogen and oxygen atoms in total. The summed E-state index contributed by atoms with van der Waals surface area (Å²) in [6.07, 6.45) is 31.4. The van der Waals surface area contributed by atoms with Crippen molar-refractivity contribution >= 4 is 5.71 Å². The van der Waals surface area contributed by atoms with Gasteiger partial charge in [0, 0.05) is 124 Å². The van der Waals surface area contributed by atoms with E-state index in [1.165, 1.54) is 33.5 Å². The van der Waals surface area contributed by atoms with Crippen molar-refractivity contribution in [1.82, 2.24) is 64.4 Å². The summed E-state index contributed by atoms with van der Waals surface area (Å²) in [7, 11) is 3.87. The first-order chi connectivity index (χ1) is 49.7. The minimum absolute atomic E-state index is 0.485. The summed E-state index contributed by atoms with van der Waals surface area (Å²) in [4.78, 5) is 40.7. The normalized spacial score (nSPS) is 9.95. The number of hydrogen-bond acceptors (Lipinski definition) is 12. The molecule has 0 aromatic carbocycles. The van der Waals surface area contributed by atoms with Crippen LogP contribution in [-0.2, 0) is 14.1 Å². The highest BCUT2D eigenvalue weighted by atomic mass is 15.2. The lowest BCUT2D eigenvalue weighted by molar-refractivity contribution is 0.713. The van der Waals surface area contributed by atoms with Crippen LogP contribution in [0.25, 0.3) is 0 Å². The van der Waals surface area contributed by atoms with Crippen molar-refractivity contribution in [3.63, 3.8) is 0 Å². The molecule has 0 N–H and O–H groups in total. The van der Waals surface area contributed by atoms with Crippen LogP contribution >= 0.6 is 0 Å². The van der Waals surface area contributed by atoms with E-state index in [1.807, 2.05) is 267 Å². The topological polar surface area (TPSA) is 164 Å². The second-order valence-corrected chi connectivity index (χ2v) is 24.7. The van der Waals surface area contributed by atoms with Gasteiger partial charge in [-0.15, -0.1) is 0 Å². The first-order valence-electron chi connectivity index (χ1n) is 39.0. The van der Waals surface area contributed by atoms with E-state index < -0.39 is 0 Å². The molecule has 0 spiro atoms. The Morgan fingerprint density at radius 2 is 0.692 bits per heavy atom. The van der Waals surface area contributed by atoms with Crippen molar-refractivity contribution in [2.75, 3.05) is 6.54 Å². The maximum absolute atomic E-state index is 4.34. The first kappa shape index (κ1) is 109. The van der Waals surface area contributed by atoms with Crippen LogP contribution in [0.5, 0.6) is 0 Å². The molecule has 10 rings (SSSR count). The number of aryl methyl sites for hydroxylation is 2. The van der Waals surface area contributed by atoms with E-state index in [0.29, 0.717) is 59.2 Å². The lowest BCUT2D eigenvalue weighted by Crippen LogP contribution is -2.05. The summed E-state index contributed by atoms with van der Waals surface area (Å²) < 4.78 is 3.66. The van der Waals surface area contributed by atoms with Crippen LogP contribution in [-0.4, -0.2) is 76.7 Å². The van der Waals surface area contributed by atoms with E-state index in [-0.39, 0.29) is 0 Å². The van der Waals surface area contributed by atoms with Gasteiger partial charge in [-0.05, 0) is 155 Å². The number of pyridine rings is 5. The summed E-state index contributed by atoms with van der Waals surface area (Å²) >= 11 is 0. The van der Waals surface area contributed by atoms with Gasteiger partial charge in [0.15, 0.2) is 0 Å². The Morgan fingerprint density at radius 1 is 0.298 bits per heavy atom. The molecule has 0 amide bonds. The minimum atomic E-state index is 0.485. The van der Waals surface area contributed by atoms with Crippen molar-refractivity contribution in [3.05, 3.63) is 247 Å². The van der Waals surface area contributed by atoms with Crippen molar-refractivity contribution in [1.29, 1.82) is 0 Å². The predicted octanol–water partition coefficient (Wildman–Crippen LogP) is 26.5. The molecule has 9 aromatic heterocycles. The van der Waals surface area contributed by atoms with Gasteiger partial charge >= 0.3 is 0 Å². The molecule has 0 aliphatic carbocycles. The van der Waals surface area contributed by atoms with Crippen LogP contribution in [0.4, 0.5) is 0 Å². The Morgan fingerprint density at radius 3 is 0.894 bits per heavy atom. The molecule has 1 aliphatic rings. The highest BCUT2D eigenvalue weighted by Gasteiger charge is 2.10. The summed E-state index contributed by atoms with van der Waals surface area (Å²) in [5.41, 5.74) is 13.5. The van der Waals surface area contributed by atoms with Crippen molar-refractivity contribution in [2.24, 2.45) is 25.0 Å². The molecule has 0 atom stereocenters. The average molecular weight is 1430 g/mol. The first-order valence-corrected chi connectivity index (χ1v) is 39.0. The quantitative estimate of drug-likeness (QED) is 0.128. The number of hydrogen-bond donors (Lipinski definition) is 0. The van der Waals surface area contributed by atoms with Gasteiger partial charge < -0.3 is 0 Å². The third kappa shape index (κ3) is 60.2. The summed E-state index contributed by atoms with van der Waals surface area (Å²) in [5.74, 6) is 5.62. The monoisotopic (exact) mass is 1430 g/mol. The van der Waals surface area contributed by atoms with Gasteiger partial charge in [0.2, 0.25) is 0 Å². The highest BCUT2D eigenvalue weighted by molar-refractivity contribution is 6.02. The standard InChI is InChI=1S/C8H13N.5C8H11N.C7H12N2.C7H10N2.C7H12N2.C7H10N2.7C2H6/c1-6(2)8-7(3)4-5-9-8;1-7(2)8-3-5-9-6-4-8;1-7(2)8-4-3-5-9-6-8;3*1-7(2)8-5-3-4-6-9-8;1-6(2)7-4-8-9(3)5-7;1-6(2)7-3-8-5-9-4-7;1-6(2)7-4-5-9(3)8-7;1-6(2)7-5-8-3-4-9-7;7*1-2/h4,6H,5H2,1-3H3;5*3-7H,1-2H3;4-6H,1-3H3;3-6H,1-2H3;4-6H,1-3H3;3-6H,1-2H3;7*1-2H3. The zero-order chi connectivity index (χ0) is 81.4. The summed E-state index contributed by atoms with van der Waals surface area (Å²) in [6.45, 7) is 74.0. The largest absolute Gasteiger partial charge is 0.285 e. The Bertz CT molecular complexity index is 2690. The fourth-order valence-electron chi connectivity index (χ4n) is 7.46. The van der Waals surface area contributed by atoms with Crippen LogP contribution in [0.1, 0.15) is 346 Å². The number of allylic oxidation sites excluding steroid dienone is 1. The molecular weight excluding hydrogens is 1280 g/mol.